The van der Waals surface area contributed by atoms with E-state index in [0.29, 0.717) is 12.0 Å². The van der Waals surface area contributed by atoms with Crippen LogP contribution in [-0.2, 0) is 20.9 Å². The first kappa shape index (κ1) is 21.4. The SMILES string of the molecule is CC1CCCCC12NC(=O)N(CC(=O)OCc1nnc(-c3ccc([N+](=O)[O-])cc3)o1)C2=O. The van der Waals surface area contributed by atoms with Crippen LogP contribution < -0.4 is 5.32 Å². The molecule has 4 rings (SSSR count). The van der Waals surface area contributed by atoms with Crippen molar-refractivity contribution in [2.45, 2.75) is 44.8 Å². The van der Waals surface area contributed by atoms with E-state index < -0.39 is 34.9 Å². The zero-order valence-electron chi connectivity index (χ0n) is 17.3. The number of esters is 1. The highest BCUT2D eigenvalue weighted by atomic mass is 16.6. The van der Waals surface area contributed by atoms with E-state index in [0.717, 1.165) is 24.2 Å². The highest BCUT2D eigenvalue weighted by Crippen LogP contribution is 2.38. The van der Waals surface area contributed by atoms with Gasteiger partial charge >= 0.3 is 12.0 Å². The molecule has 1 spiro atoms. The van der Waals surface area contributed by atoms with Crippen LogP contribution in [0, 0.1) is 16.0 Å². The van der Waals surface area contributed by atoms with Gasteiger partial charge < -0.3 is 14.5 Å². The number of urea groups is 1. The second kappa shape index (κ2) is 8.36. The van der Waals surface area contributed by atoms with Gasteiger partial charge in [0.2, 0.25) is 5.89 Å². The van der Waals surface area contributed by atoms with E-state index in [4.69, 9.17) is 9.15 Å². The van der Waals surface area contributed by atoms with Gasteiger partial charge in [-0.25, -0.2) is 4.79 Å². The molecular weight excluding hydrogens is 422 g/mol. The van der Waals surface area contributed by atoms with Gasteiger partial charge in [0.15, 0.2) is 6.61 Å². The summed E-state index contributed by atoms with van der Waals surface area (Å²) in [4.78, 5) is 48.6. The van der Waals surface area contributed by atoms with Crippen LogP contribution in [0.1, 0.15) is 38.5 Å². The molecular formula is C20H21N5O7. The number of ether oxygens (including phenoxy) is 1. The Hall–Kier alpha value is -3.83. The lowest BCUT2D eigenvalue weighted by molar-refractivity contribution is -0.384. The summed E-state index contributed by atoms with van der Waals surface area (Å²) in [5.41, 5.74) is -0.555. The molecule has 2 fully saturated rings. The van der Waals surface area contributed by atoms with Crippen molar-refractivity contribution in [1.29, 1.82) is 0 Å². The molecule has 1 aliphatic heterocycles. The van der Waals surface area contributed by atoms with E-state index in [1.54, 1.807) is 0 Å². The van der Waals surface area contributed by atoms with Gasteiger partial charge in [-0.3, -0.25) is 24.6 Å². The molecule has 0 radical (unpaired) electrons. The van der Waals surface area contributed by atoms with E-state index in [-0.39, 0.29) is 30.0 Å². The van der Waals surface area contributed by atoms with Crippen LogP contribution in [0.4, 0.5) is 10.5 Å². The fraction of sp³-hybridized carbons (Fsp3) is 0.450. The van der Waals surface area contributed by atoms with Crippen molar-refractivity contribution in [2.75, 3.05) is 6.54 Å². The molecule has 1 saturated heterocycles. The Bertz CT molecular complexity index is 1070. The molecule has 2 atom stereocenters. The minimum absolute atomic E-state index is 0.00118. The number of aromatic nitrogens is 2. The molecule has 12 nitrogen and oxygen atoms in total. The van der Waals surface area contributed by atoms with Gasteiger partial charge in [-0.2, -0.15) is 0 Å². The van der Waals surface area contributed by atoms with Gasteiger partial charge in [0.1, 0.15) is 12.1 Å². The number of non-ortho nitro benzene ring substituents is 1. The first-order valence-corrected chi connectivity index (χ1v) is 10.2. The summed E-state index contributed by atoms with van der Waals surface area (Å²) in [6, 6.07) is 4.93. The number of nitrogens with zero attached hydrogens (tertiary/aromatic N) is 4. The summed E-state index contributed by atoms with van der Waals surface area (Å²) in [7, 11) is 0. The fourth-order valence-electron chi connectivity index (χ4n) is 4.11. The monoisotopic (exact) mass is 443 g/mol. The second-order valence-electron chi connectivity index (χ2n) is 7.91. The number of hydrogen-bond donors (Lipinski definition) is 1. The first-order chi connectivity index (χ1) is 15.3. The number of rotatable bonds is 6. The third-order valence-electron chi connectivity index (χ3n) is 5.94. The number of imide groups is 1. The number of nitrogens with one attached hydrogen (secondary N) is 1. The van der Waals surface area contributed by atoms with Gasteiger partial charge in [-0.05, 0) is 30.9 Å². The van der Waals surface area contributed by atoms with Crippen LogP contribution >= 0.6 is 0 Å². The van der Waals surface area contributed by atoms with Gasteiger partial charge in [0, 0.05) is 17.7 Å². The molecule has 2 aliphatic rings. The summed E-state index contributed by atoms with van der Waals surface area (Å²) < 4.78 is 10.5. The largest absolute Gasteiger partial charge is 0.454 e. The summed E-state index contributed by atoms with van der Waals surface area (Å²) in [5.74, 6) is -1.09. The van der Waals surface area contributed by atoms with Crippen LogP contribution in [0.2, 0.25) is 0 Å². The number of nitro groups is 1. The number of carbonyl (C=O) groups excluding carboxylic acids is 3. The van der Waals surface area contributed by atoms with E-state index in [9.17, 15) is 24.5 Å². The fourth-order valence-corrected chi connectivity index (χ4v) is 4.11. The van der Waals surface area contributed by atoms with Gasteiger partial charge in [-0.15, -0.1) is 10.2 Å². The van der Waals surface area contributed by atoms with Crippen LogP contribution in [0.25, 0.3) is 11.5 Å². The Morgan fingerprint density at radius 1 is 1.31 bits per heavy atom. The minimum atomic E-state index is -0.943. The lowest BCUT2D eigenvalue weighted by Crippen LogP contribution is -2.54. The molecule has 2 heterocycles. The Morgan fingerprint density at radius 3 is 2.75 bits per heavy atom. The van der Waals surface area contributed by atoms with Crippen LogP contribution in [-0.4, -0.2) is 50.0 Å². The molecule has 1 aromatic carbocycles. The summed E-state index contributed by atoms with van der Waals surface area (Å²) in [6.07, 6.45) is 3.22. The normalized spacial score (nSPS) is 22.8. The summed E-state index contributed by atoms with van der Waals surface area (Å²) in [5, 5.41) is 21.1. The lowest BCUT2D eigenvalue weighted by Gasteiger charge is -2.36. The molecule has 1 aromatic heterocycles. The maximum Gasteiger partial charge on any atom is 0.326 e. The van der Waals surface area contributed by atoms with Crippen molar-refractivity contribution in [3.63, 3.8) is 0 Å². The minimum Gasteiger partial charge on any atom is -0.454 e. The zero-order valence-corrected chi connectivity index (χ0v) is 17.3. The average Bonchev–Trinajstić information content (AvgIpc) is 3.34. The quantitative estimate of drug-likeness (QED) is 0.306. The van der Waals surface area contributed by atoms with Gasteiger partial charge in [0.25, 0.3) is 17.5 Å². The number of amides is 3. The number of hydrogen-bond acceptors (Lipinski definition) is 9. The molecule has 3 amide bonds. The van der Waals surface area contributed by atoms with Crippen LogP contribution in [0.3, 0.4) is 0 Å². The van der Waals surface area contributed by atoms with E-state index in [1.807, 2.05) is 6.92 Å². The highest BCUT2D eigenvalue weighted by molar-refractivity contribution is 6.08. The van der Waals surface area contributed by atoms with Crippen LogP contribution in [0.5, 0.6) is 0 Å². The second-order valence-corrected chi connectivity index (χ2v) is 7.91. The molecule has 0 bridgehead atoms. The van der Waals surface area contributed by atoms with Gasteiger partial charge in [-0.1, -0.05) is 19.8 Å². The van der Waals surface area contributed by atoms with E-state index in [2.05, 4.69) is 15.5 Å². The molecule has 2 unspecified atom stereocenters. The predicted octanol–water partition coefficient (Wildman–Crippen LogP) is 2.19. The molecule has 1 saturated carbocycles. The highest BCUT2D eigenvalue weighted by Gasteiger charge is 2.55. The molecule has 1 N–H and O–H groups in total. The number of nitro benzene ring substituents is 1. The standard InChI is InChI=1S/C20H21N5O7/c1-12-4-2-3-9-20(12)18(27)24(19(28)21-20)10-16(26)31-11-15-22-23-17(32-15)13-5-7-14(8-6-13)25(29)30/h5-8,12H,2-4,9-11H2,1H3,(H,21,28). The van der Waals surface area contributed by atoms with Crippen molar-refractivity contribution in [3.8, 4) is 11.5 Å². The average molecular weight is 443 g/mol. The molecule has 12 heteroatoms. The van der Waals surface area contributed by atoms with E-state index in [1.165, 1.54) is 24.3 Å². The Morgan fingerprint density at radius 2 is 2.06 bits per heavy atom. The lowest BCUT2D eigenvalue weighted by atomic mass is 9.73. The van der Waals surface area contributed by atoms with Crippen molar-refractivity contribution >= 4 is 23.6 Å². The number of benzene rings is 1. The summed E-state index contributed by atoms with van der Waals surface area (Å²) >= 11 is 0. The van der Waals surface area contributed by atoms with Gasteiger partial charge in [0.05, 0.1) is 4.92 Å². The van der Waals surface area contributed by atoms with Crippen molar-refractivity contribution in [1.82, 2.24) is 20.4 Å². The van der Waals surface area contributed by atoms with E-state index >= 15 is 0 Å². The zero-order chi connectivity index (χ0) is 22.9. The third kappa shape index (κ3) is 3.90. The molecule has 2 aromatic rings. The Balaban J connectivity index is 1.34. The predicted molar refractivity (Wildman–Crippen MR) is 107 cm³/mol. The maximum atomic E-state index is 12.9. The number of carbonyl (C=O) groups is 3. The molecule has 168 valence electrons. The van der Waals surface area contributed by atoms with Crippen molar-refractivity contribution < 1.29 is 28.5 Å². The Kier molecular flexibility index (Phi) is 5.59. The smallest absolute Gasteiger partial charge is 0.326 e. The topological polar surface area (TPSA) is 158 Å². The van der Waals surface area contributed by atoms with Crippen LogP contribution in [0.15, 0.2) is 28.7 Å². The third-order valence-corrected chi connectivity index (χ3v) is 5.94. The van der Waals surface area contributed by atoms with Crippen molar-refractivity contribution in [3.05, 3.63) is 40.3 Å². The molecule has 32 heavy (non-hydrogen) atoms. The van der Waals surface area contributed by atoms with Crippen molar-refractivity contribution in [2.24, 2.45) is 5.92 Å². The Labute approximate surface area is 182 Å². The summed E-state index contributed by atoms with van der Waals surface area (Å²) in [6.45, 7) is 1.07. The maximum absolute atomic E-state index is 12.9. The molecule has 1 aliphatic carbocycles. The first-order valence-electron chi connectivity index (χ1n) is 10.2.